The fourth-order valence-electron chi connectivity index (χ4n) is 12.2. The van der Waals surface area contributed by atoms with Crippen LogP contribution < -0.4 is 10.4 Å². The summed E-state index contributed by atoms with van der Waals surface area (Å²) in [6.07, 6.45) is 6.99. The van der Waals surface area contributed by atoms with Crippen molar-refractivity contribution in [3.8, 4) is 33.4 Å². The Morgan fingerprint density at radius 1 is 0.556 bits per heavy atom. The zero-order chi connectivity index (χ0) is 43.6. The van der Waals surface area contributed by atoms with Crippen LogP contribution in [0.1, 0.15) is 100 Å². The Kier molecular flexibility index (Phi) is 8.65. The third-order valence-electron chi connectivity index (χ3n) is 15.8. The van der Waals surface area contributed by atoms with Gasteiger partial charge in [0, 0.05) is 16.5 Å². The summed E-state index contributed by atoms with van der Waals surface area (Å²) < 4.78 is 0. The van der Waals surface area contributed by atoms with E-state index in [1.54, 1.807) is 0 Å². The van der Waals surface area contributed by atoms with Crippen molar-refractivity contribution in [2.24, 2.45) is 10.8 Å². The van der Waals surface area contributed by atoms with Crippen LogP contribution in [0.2, 0.25) is 0 Å². The first kappa shape index (κ1) is 39.5. The highest BCUT2D eigenvalue weighted by molar-refractivity contribution is 6.34. The third-order valence-corrected chi connectivity index (χ3v) is 15.8. The van der Waals surface area contributed by atoms with Gasteiger partial charge in [-0.15, -0.1) is 0 Å². The molecule has 2 heterocycles. The van der Waals surface area contributed by atoms with Crippen molar-refractivity contribution in [2.45, 2.75) is 72.1 Å². The second kappa shape index (κ2) is 13.8. The maximum absolute atomic E-state index is 4.66. The van der Waals surface area contributed by atoms with Crippen molar-refractivity contribution < 1.29 is 0 Å². The summed E-state index contributed by atoms with van der Waals surface area (Å²) in [5.74, 6) is 0. The van der Waals surface area contributed by atoms with Gasteiger partial charge in [0.1, 0.15) is 7.85 Å². The minimum Gasteiger partial charge on any atom is -0.309 e. The summed E-state index contributed by atoms with van der Waals surface area (Å²) in [4.78, 5) is 2.65. The number of hydrogen-bond acceptors (Lipinski definition) is 1. The van der Waals surface area contributed by atoms with Crippen LogP contribution in [0.25, 0.3) is 39.0 Å². The van der Waals surface area contributed by atoms with Crippen LogP contribution in [-0.2, 0) is 10.8 Å². The first-order valence-electron chi connectivity index (χ1n) is 22.9. The molecule has 2 bridgehead atoms. The first-order valence-corrected chi connectivity index (χ1v) is 22.9. The lowest BCUT2D eigenvalue weighted by Crippen LogP contribution is -2.38. The molecule has 0 aromatic heterocycles. The molecule has 0 amide bonds. The standard InChI is InChI=1S/C61H56BN/c1-9-39(35-51-38(2)58(3,4)33-34-59(51,5)6)54-46-36-42(62)37-53(54)63-52-30-19-18-28-48(52)61(40-21-12-10-13-22-40,41-23-14-11-15-24-41)50-29-20-26-45(57(50)63)55-43(46)31-32-49-56(55)44-25-16-17-27-47(44)60(49,7)8/h9-32,35-37H,1,33-34,62H2,2-8H3/b39-35+. The lowest BCUT2D eigenvalue weighted by atomic mass is 9.61. The minimum absolute atomic E-state index is 0.0203. The summed E-state index contributed by atoms with van der Waals surface area (Å²) >= 11 is 0. The largest absolute Gasteiger partial charge is 0.309 e. The Morgan fingerprint density at radius 3 is 1.86 bits per heavy atom. The molecule has 0 spiro atoms. The van der Waals surface area contributed by atoms with E-state index in [1.807, 2.05) is 0 Å². The van der Waals surface area contributed by atoms with Crippen LogP contribution >= 0.6 is 0 Å². The molecule has 0 unspecified atom stereocenters. The van der Waals surface area contributed by atoms with Crippen molar-refractivity contribution in [3.05, 3.63) is 220 Å². The number of para-hydroxylation sites is 2. The predicted octanol–water partition coefficient (Wildman–Crippen LogP) is 14.8. The molecular formula is C61H56BN. The lowest BCUT2D eigenvalue weighted by molar-refractivity contribution is 0.267. The number of hydrogen-bond donors (Lipinski definition) is 0. The highest BCUT2D eigenvalue weighted by Gasteiger charge is 2.49. The van der Waals surface area contributed by atoms with Crippen LogP contribution in [0.4, 0.5) is 17.1 Å². The average molecular weight is 814 g/mol. The fourth-order valence-corrected chi connectivity index (χ4v) is 12.2. The summed E-state index contributed by atoms with van der Waals surface area (Å²) in [5.41, 5.74) is 25.0. The number of benzene rings is 7. The molecule has 0 N–H and O–H groups in total. The van der Waals surface area contributed by atoms with E-state index in [0.29, 0.717) is 0 Å². The normalized spacial score (nSPS) is 18.0. The summed E-state index contributed by atoms with van der Waals surface area (Å²) in [7, 11) is 2.28. The molecule has 7 aromatic carbocycles. The van der Waals surface area contributed by atoms with E-state index in [4.69, 9.17) is 0 Å². The van der Waals surface area contributed by atoms with Gasteiger partial charge < -0.3 is 4.90 Å². The van der Waals surface area contributed by atoms with E-state index in [-0.39, 0.29) is 16.2 Å². The zero-order valence-corrected chi connectivity index (χ0v) is 38.2. The van der Waals surface area contributed by atoms with Crippen molar-refractivity contribution in [1.29, 1.82) is 0 Å². The highest BCUT2D eigenvalue weighted by atomic mass is 15.2. The molecule has 63 heavy (non-hydrogen) atoms. The van der Waals surface area contributed by atoms with Gasteiger partial charge in [-0.05, 0) is 115 Å². The topological polar surface area (TPSA) is 3.24 Å². The van der Waals surface area contributed by atoms with E-state index in [2.05, 4.69) is 232 Å². The molecule has 0 radical (unpaired) electrons. The molecule has 0 atom stereocenters. The van der Waals surface area contributed by atoms with Crippen LogP contribution in [0.3, 0.4) is 0 Å². The van der Waals surface area contributed by atoms with Crippen molar-refractivity contribution in [1.82, 2.24) is 0 Å². The Labute approximate surface area is 376 Å². The van der Waals surface area contributed by atoms with Gasteiger partial charge in [0.2, 0.25) is 0 Å². The molecule has 4 aliphatic rings. The van der Waals surface area contributed by atoms with Crippen molar-refractivity contribution in [3.63, 3.8) is 0 Å². The molecular weight excluding hydrogens is 757 g/mol. The van der Waals surface area contributed by atoms with Crippen LogP contribution in [-0.4, -0.2) is 7.85 Å². The molecule has 0 saturated carbocycles. The predicted molar refractivity (Wildman–Crippen MR) is 271 cm³/mol. The molecule has 0 saturated heterocycles. The Bertz CT molecular complexity index is 3080. The van der Waals surface area contributed by atoms with Gasteiger partial charge in [0.15, 0.2) is 0 Å². The van der Waals surface area contributed by atoms with Crippen LogP contribution in [0, 0.1) is 10.8 Å². The van der Waals surface area contributed by atoms with Crippen molar-refractivity contribution >= 4 is 35.9 Å². The molecule has 2 aliphatic heterocycles. The van der Waals surface area contributed by atoms with Crippen molar-refractivity contribution in [2.75, 3.05) is 4.90 Å². The number of rotatable bonds is 5. The Morgan fingerprint density at radius 2 is 1.16 bits per heavy atom. The van der Waals surface area contributed by atoms with E-state index in [9.17, 15) is 0 Å². The Balaban J connectivity index is 1.37. The van der Waals surface area contributed by atoms with Gasteiger partial charge in [0.25, 0.3) is 0 Å². The number of nitrogens with zero attached hydrogens (tertiary/aromatic N) is 1. The fraction of sp³-hybridized carbons (Fsp3) is 0.213. The zero-order valence-electron chi connectivity index (χ0n) is 38.2. The molecule has 11 rings (SSSR count). The minimum atomic E-state index is -0.612. The van der Waals surface area contributed by atoms with Gasteiger partial charge in [0.05, 0.1) is 22.5 Å². The molecule has 2 aliphatic carbocycles. The van der Waals surface area contributed by atoms with E-state index >= 15 is 0 Å². The molecule has 308 valence electrons. The van der Waals surface area contributed by atoms with Gasteiger partial charge in [-0.25, -0.2) is 0 Å². The highest BCUT2D eigenvalue weighted by Crippen LogP contribution is 2.65. The number of anilines is 3. The number of allylic oxidation sites excluding steroid dienone is 5. The second-order valence-corrected chi connectivity index (χ2v) is 20.4. The smallest absolute Gasteiger partial charge is 0.139 e. The van der Waals surface area contributed by atoms with Crippen LogP contribution in [0.15, 0.2) is 182 Å². The molecule has 2 heteroatoms. The monoisotopic (exact) mass is 813 g/mol. The van der Waals surface area contributed by atoms with E-state index in [0.717, 1.165) is 12.0 Å². The maximum atomic E-state index is 4.66. The van der Waals surface area contributed by atoms with Gasteiger partial charge in [-0.3, -0.25) is 0 Å². The van der Waals surface area contributed by atoms with E-state index in [1.165, 1.54) is 112 Å². The first-order chi connectivity index (χ1) is 30.3. The molecule has 7 aromatic rings. The lowest BCUT2D eigenvalue weighted by Gasteiger charge is -2.48. The van der Waals surface area contributed by atoms with Gasteiger partial charge >= 0.3 is 0 Å². The maximum Gasteiger partial charge on any atom is 0.139 e. The summed E-state index contributed by atoms with van der Waals surface area (Å²) in [6, 6.07) is 57.8. The molecule has 0 fully saturated rings. The van der Waals surface area contributed by atoms with Gasteiger partial charge in [-0.1, -0.05) is 211 Å². The third kappa shape index (κ3) is 5.43. The Hall–Kier alpha value is -6.38. The summed E-state index contributed by atoms with van der Waals surface area (Å²) in [6.45, 7) is 21.6. The SMILES string of the molecule is Bc1cc2c(/C(C=C)=C/C3=C(C)C(C)(C)CCC3(C)C)c(c1)N1c3ccccc3C(c3ccccc3)(c3ccccc3)c3cccc(c31)-c1c-2ccc2c1-c1ccccc1C2(C)C. The number of fused-ring (bicyclic) bond motifs is 12. The second-order valence-electron chi connectivity index (χ2n) is 20.4. The summed E-state index contributed by atoms with van der Waals surface area (Å²) in [5, 5.41) is 0. The van der Waals surface area contributed by atoms with Gasteiger partial charge in [-0.2, -0.15) is 0 Å². The quantitative estimate of drug-likeness (QED) is 0.124. The van der Waals surface area contributed by atoms with E-state index < -0.39 is 5.41 Å². The average Bonchev–Trinajstić information content (AvgIpc) is 3.52. The molecule has 1 nitrogen and oxygen atoms in total. The van der Waals surface area contributed by atoms with Crippen LogP contribution in [0.5, 0.6) is 0 Å².